The van der Waals surface area contributed by atoms with Crippen molar-refractivity contribution >= 4 is 39.1 Å². The van der Waals surface area contributed by atoms with Crippen LogP contribution in [0.5, 0.6) is 0 Å². The SMILES string of the molecule is Cn1cc(C(=O)NCc2ccc(Cl)cc2)c(=O)c2cc(COCC[C@@H](O)c3ccccc3)sc21. The van der Waals surface area contributed by atoms with Crippen LogP contribution in [0.25, 0.3) is 10.2 Å². The number of aryl methyl sites for hydroxylation is 1. The summed E-state index contributed by atoms with van der Waals surface area (Å²) in [6, 6.07) is 18.4. The molecule has 176 valence electrons. The lowest BCUT2D eigenvalue weighted by atomic mass is 10.1. The fourth-order valence-electron chi connectivity index (χ4n) is 3.63. The van der Waals surface area contributed by atoms with E-state index in [0.29, 0.717) is 36.6 Å². The number of pyridine rings is 1. The number of halogens is 1. The van der Waals surface area contributed by atoms with Crippen molar-refractivity contribution in [3.63, 3.8) is 0 Å². The largest absolute Gasteiger partial charge is 0.388 e. The number of benzene rings is 2. The van der Waals surface area contributed by atoms with Gasteiger partial charge in [0.2, 0.25) is 5.43 Å². The van der Waals surface area contributed by atoms with Crippen molar-refractivity contribution in [2.24, 2.45) is 7.05 Å². The van der Waals surface area contributed by atoms with Gasteiger partial charge in [0.25, 0.3) is 5.91 Å². The van der Waals surface area contributed by atoms with Crippen molar-refractivity contribution in [3.8, 4) is 0 Å². The van der Waals surface area contributed by atoms with Crippen LogP contribution in [0.15, 0.2) is 71.7 Å². The number of hydrogen-bond donors (Lipinski definition) is 2. The Morgan fingerprint density at radius 3 is 2.65 bits per heavy atom. The molecule has 0 bridgehead atoms. The minimum atomic E-state index is -0.580. The van der Waals surface area contributed by atoms with Gasteiger partial charge in [0.15, 0.2) is 0 Å². The van der Waals surface area contributed by atoms with Crippen LogP contribution in [-0.2, 0) is 24.9 Å². The zero-order chi connectivity index (χ0) is 24.1. The number of rotatable bonds is 9. The Balaban J connectivity index is 1.39. The maximum Gasteiger partial charge on any atom is 0.257 e. The Bertz CT molecular complexity index is 1330. The lowest BCUT2D eigenvalue weighted by Crippen LogP contribution is -2.29. The molecule has 0 saturated carbocycles. The second-order valence-electron chi connectivity index (χ2n) is 7.99. The van der Waals surface area contributed by atoms with Crippen LogP contribution in [0.2, 0.25) is 5.02 Å². The molecule has 1 atom stereocenters. The first-order valence-electron chi connectivity index (χ1n) is 10.9. The molecule has 0 unspecified atom stereocenters. The zero-order valence-electron chi connectivity index (χ0n) is 18.7. The van der Waals surface area contributed by atoms with Crippen LogP contribution in [0.4, 0.5) is 0 Å². The molecular formula is C26H25ClN2O4S. The number of nitrogens with zero attached hydrogens (tertiary/aromatic N) is 1. The number of thiophene rings is 1. The molecule has 6 nitrogen and oxygen atoms in total. The molecule has 0 aliphatic carbocycles. The maximum atomic E-state index is 13.0. The Hall–Kier alpha value is -2.97. The first kappa shape index (κ1) is 24.2. The zero-order valence-corrected chi connectivity index (χ0v) is 20.2. The maximum absolute atomic E-state index is 13.0. The molecule has 0 aliphatic heterocycles. The van der Waals surface area contributed by atoms with E-state index in [1.54, 1.807) is 29.0 Å². The smallest absolute Gasteiger partial charge is 0.257 e. The van der Waals surface area contributed by atoms with Gasteiger partial charge in [-0.2, -0.15) is 0 Å². The molecule has 1 amide bonds. The number of ether oxygens (including phenoxy) is 1. The predicted octanol–water partition coefficient (Wildman–Crippen LogP) is 4.82. The minimum Gasteiger partial charge on any atom is -0.388 e. The van der Waals surface area contributed by atoms with Crippen LogP contribution < -0.4 is 10.7 Å². The summed E-state index contributed by atoms with van der Waals surface area (Å²) < 4.78 is 7.54. The van der Waals surface area contributed by atoms with Crippen LogP contribution >= 0.6 is 22.9 Å². The Morgan fingerprint density at radius 2 is 1.91 bits per heavy atom. The molecule has 2 N–H and O–H groups in total. The molecule has 0 spiro atoms. The molecule has 0 aliphatic rings. The summed E-state index contributed by atoms with van der Waals surface area (Å²) in [7, 11) is 1.81. The molecular weight excluding hydrogens is 472 g/mol. The van der Waals surface area contributed by atoms with Gasteiger partial charge < -0.3 is 19.7 Å². The molecule has 2 aromatic heterocycles. The minimum absolute atomic E-state index is 0.0974. The average molecular weight is 497 g/mol. The number of carbonyl (C=O) groups excluding carboxylic acids is 1. The Labute approximate surface area is 206 Å². The molecule has 0 fully saturated rings. The van der Waals surface area contributed by atoms with Gasteiger partial charge in [-0.15, -0.1) is 11.3 Å². The molecule has 0 saturated heterocycles. The van der Waals surface area contributed by atoms with E-state index in [9.17, 15) is 14.7 Å². The highest BCUT2D eigenvalue weighted by molar-refractivity contribution is 7.18. The van der Waals surface area contributed by atoms with Gasteiger partial charge in [0, 0.05) is 42.7 Å². The summed E-state index contributed by atoms with van der Waals surface area (Å²) in [5.41, 5.74) is 1.55. The molecule has 2 aromatic carbocycles. The van der Waals surface area contributed by atoms with Gasteiger partial charge in [-0.05, 0) is 29.3 Å². The fraction of sp³-hybridized carbons (Fsp3) is 0.231. The summed E-state index contributed by atoms with van der Waals surface area (Å²) >= 11 is 7.35. The van der Waals surface area contributed by atoms with E-state index in [0.717, 1.165) is 20.8 Å². The second kappa shape index (κ2) is 11.0. The third-order valence-electron chi connectivity index (χ3n) is 5.47. The van der Waals surface area contributed by atoms with Gasteiger partial charge in [-0.3, -0.25) is 9.59 Å². The number of hydrogen-bond acceptors (Lipinski definition) is 5. The van der Waals surface area contributed by atoms with Crippen LogP contribution in [0.1, 0.15) is 38.9 Å². The number of aliphatic hydroxyl groups excluding tert-OH is 1. The van der Waals surface area contributed by atoms with Crippen molar-refractivity contribution in [1.29, 1.82) is 0 Å². The van der Waals surface area contributed by atoms with Crippen LogP contribution in [0.3, 0.4) is 0 Å². The van der Waals surface area contributed by atoms with Gasteiger partial charge in [0.1, 0.15) is 10.4 Å². The van der Waals surface area contributed by atoms with Crippen LogP contribution in [-0.4, -0.2) is 22.2 Å². The van der Waals surface area contributed by atoms with Crippen molar-refractivity contribution < 1.29 is 14.6 Å². The summed E-state index contributed by atoms with van der Waals surface area (Å²) in [6.45, 7) is 1.02. The highest BCUT2D eigenvalue weighted by Gasteiger charge is 2.17. The monoisotopic (exact) mass is 496 g/mol. The average Bonchev–Trinajstić information content (AvgIpc) is 3.29. The van der Waals surface area contributed by atoms with E-state index in [4.69, 9.17) is 16.3 Å². The van der Waals surface area contributed by atoms with E-state index < -0.39 is 12.0 Å². The molecule has 2 heterocycles. The normalized spacial score (nSPS) is 12.1. The molecule has 34 heavy (non-hydrogen) atoms. The molecule has 8 heteroatoms. The highest BCUT2D eigenvalue weighted by atomic mass is 35.5. The summed E-state index contributed by atoms with van der Waals surface area (Å²) in [5, 5.41) is 14.2. The van der Waals surface area contributed by atoms with Crippen molar-refractivity contribution in [2.45, 2.75) is 25.7 Å². The third kappa shape index (κ3) is 5.74. The predicted molar refractivity (Wildman–Crippen MR) is 135 cm³/mol. The number of aromatic nitrogens is 1. The molecule has 4 rings (SSSR count). The first-order valence-corrected chi connectivity index (χ1v) is 12.1. The lowest BCUT2D eigenvalue weighted by molar-refractivity contribution is 0.0745. The lowest BCUT2D eigenvalue weighted by Gasteiger charge is -2.10. The topological polar surface area (TPSA) is 80.6 Å². The van der Waals surface area contributed by atoms with Gasteiger partial charge in [-0.1, -0.05) is 54.1 Å². The number of carbonyl (C=O) groups is 1. The second-order valence-corrected chi connectivity index (χ2v) is 9.54. The number of aliphatic hydroxyl groups is 1. The van der Waals surface area contributed by atoms with E-state index in [1.165, 1.54) is 11.3 Å². The van der Waals surface area contributed by atoms with E-state index in [1.807, 2.05) is 49.5 Å². The third-order valence-corrected chi connectivity index (χ3v) is 6.92. The number of fused-ring (bicyclic) bond motifs is 1. The quantitative estimate of drug-likeness (QED) is 0.325. The number of nitrogens with one attached hydrogen (secondary N) is 1. The van der Waals surface area contributed by atoms with Gasteiger partial charge >= 0.3 is 0 Å². The Morgan fingerprint density at radius 1 is 1.18 bits per heavy atom. The Kier molecular flexibility index (Phi) is 7.80. The standard InChI is InChI=1S/C26H25ClN2O4S/c1-29-15-22(25(32)28-14-17-7-9-19(27)10-8-17)24(31)21-13-20(34-26(21)29)16-33-12-11-23(30)18-5-3-2-4-6-18/h2-10,13,15,23,30H,11-12,14,16H2,1H3,(H,28,32)/t23-/m1/s1. The summed E-state index contributed by atoms with van der Waals surface area (Å²) in [6.07, 6.45) is 1.47. The summed E-state index contributed by atoms with van der Waals surface area (Å²) in [4.78, 5) is 27.4. The van der Waals surface area contributed by atoms with Crippen LogP contribution in [0, 0.1) is 0 Å². The highest BCUT2D eigenvalue weighted by Crippen LogP contribution is 2.24. The first-order chi connectivity index (χ1) is 16.4. The summed E-state index contributed by atoms with van der Waals surface area (Å²) in [5.74, 6) is -0.420. The van der Waals surface area contributed by atoms with E-state index in [-0.39, 0.29) is 11.0 Å². The molecule has 0 radical (unpaired) electrons. The van der Waals surface area contributed by atoms with E-state index >= 15 is 0 Å². The number of amides is 1. The van der Waals surface area contributed by atoms with Crippen molar-refractivity contribution in [1.82, 2.24) is 9.88 Å². The van der Waals surface area contributed by atoms with Crippen molar-refractivity contribution in [2.75, 3.05) is 6.61 Å². The fourth-order valence-corrected chi connectivity index (χ4v) is 4.79. The molecule has 4 aromatic rings. The van der Waals surface area contributed by atoms with E-state index in [2.05, 4.69) is 5.32 Å². The van der Waals surface area contributed by atoms with Crippen molar-refractivity contribution in [3.05, 3.63) is 104 Å². The van der Waals surface area contributed by atoms with Gasteiger partial charge in [-0.25, -0.2) is 0 Å². The van der Waals surface area contributed by atoms with Gasteiger partial charge in [0.05, 0.1) is 18.1 Å².